The summed E-state index contributed by atoms with van der Waals surface area (Å²) in [7, 11) is 0. The molecule has 2 heterocycles. The first-order valence-electron chi connectivity index (χ1n) is 38.8. The molecule has 0 aliphatic heterocycles. The van der Waals surface area contributed by atoms with Gasteiger partial charge in [0.1, 0.15) is 33.7 Å². The lowest BCUT2D eigenvalue weighted by molar-refractivity contribution is 0.374. The third-order valence-corrected chi connectivity index (χ3v) is 23.9. The number of nitrogens with zero attached hydrogens (tertiary/aromatic N) is 4. The maximum atomic E-state index is 19.9. The van der Waals surface area contributed by atoms with Crippen molar-refractivity contribution < 1.29 is 8.78 Å². The van der Waals surface area contributed by atoms with Gasteiger partial charge in [0.05, 0.1) is 23.5 Å². The molecule has 0 saturated heterocycles. The van der Waals surface area contributed by atoms with Crippen molar-refractivity contribution in [2.45, 2.75) is 398 Å². The molecule has 7 rings (SSSR count). The van der Waals surface area contributed by atoms with Crippen molar-refractivity contribution >= 4 is 77.4 Å². The fourth-order valence-electron chi connectivity index (χ4n) is 16.5. The Labute approximate surface area is 574 Å². The van der Waals surface area contributed by atoms with Gasteiger partial charge >= 0.3 is 0 Å². The molecule has 4 nitrogen and oxygen atoms in total. The summed E-state index contributed by atoms with van der Waals surface area (Å²) in [5, 5.41) is 0. The van der Waals surface area contributed by atoms with Crippen LogP contribution in [0.3, 0.4) is 0 Å². The van der Waals surface area contributed by atoms with Gasteiger partial charge in [0.15, 0.2) is 0 Å². The van der Waals surface area contributed by atoms with Crippen LogP contribution in [0.25, 0.3) is 44.3 Å². The molecule has 2 aliphatic rings. The molecule has 0 atom stereocenters. The fraction of sp³-hybridized carbons (Fsp3) is 0.775. The molecule has 5 aromatic rings. The van der Waals surface area contributed by atoms with Gasteiger partial charge < -0.3 is 0 Å². The number of fused-ring (bicyclic) bond motifs is 10. The zero-order valence-corrected chi connectivity index (χ0v) is 62.7. The highest BCUT2D eigenvalue weighted by molar-refractivity contribution is 9.11. The van der Waals surface area contributed by atoms with E-state index in [1.165, 1.54) is 306 Å². The van der Waals surface area contributed by atoms with E-state index in [2.05, 4.69) is 71.7 Å². The number of hydrogen-bond donors (Lipinski definition) is 0. The Morgan fingerprint density at radius 1 is 0.278 bits per heavy atom. The molecule has 506 valence electrons. The normalized spacial score (nSPS) is 13.8. The first kappa shape index (κ1) is 75.5. The largest absolute Gasteiger partial charge is 0.206 e. The zero-order valence-electron chi connectivity index (χ0n) is 57.9. The second kappa shape index (κ2) is 43.3. The van der Waals surface area contributed by atoms with Crippen molar-refractivity contribution in [2.24, 2.45) is 0 Å². The molecule has 0 amide bonds. The molecule has 0 N–H and O–H groups in total. The molecule has 0 unspecified atom stereocenters. The molecule has 2 aromatic heterocycles. The molecule has 2 aliphatic carbocycles. The van der Waals surface area contributed by atoms with Crippen LogP contribution in [0, 0.1) is 11.6 Å². The monoisotopic (exact) mass is 1400 g/mol. The van der Waals surface area contributed by atoms with Crippen LogP contribution in [-0.2, 0) is 10.8 Å². The summed E-state index contributed by atoms with van der Waals surface area (Å²) in [6, 6.07) is 4.49. The molecule has 0 bridgehead atoms. The molecular formula is C80H126Br2F2N4S2. The van der Waals surface area contributed by atoms with Gasteiger partial charge in [0, 0.05) is 53.2 Å². The van der Waals surface area contributed by atoms with E-state index in [0.717, 1.165) is 130 Å². The zero-order chi connectivity index (χ0) is 63.5. The Hall–Kier alpha value is -1.88. The second-order valence-corrected chi connectivity index (χ2v) is 31.5. The van der Waals surface area contributed by atoms with Crippen molar-refractivity contribution in [3.63, 3.8) is 0 Å². The minimum atomic E-state index is -0.717. The molecule has 10 heteroatoms. The Morgan fingerprint density at radius 2 is 0.467 bits per heavy atom. The highest BCUT2D eigenvalue weighted by Crippen LogP contribution is 2.65. The van der Waals surface area contributed by atoms with Crippen molar-refractivity contribution in [1.82, 2.24) is 17.5 Å². The maximum absolute atomic E-state index is 19.9. The second-order valence-electron chi connectivity index (χ2n) is 28.7. The summed E-state index contributed by atoms with van der Waals surface area (Å²) in [4.78, 5) is 0. The average Bonchev–Trinajstić information content (AvgIpc) is 1.50. The van der Waals surface area contributed by atoms with Crippen molar-refractivity contribution in [1.29, 1.82) is 0 Å². The molecule has 0 spiro atoms. The Bertz CT molecular complexity index is 2520. The van der Waals surface area contributed by atoms with Crippen LogP contribution in [0.15, 0.2) is 21.1 Å². The topological polar surface area (TPSA) is 51.6 Å². The Morgan fingerprint density at radius 3 is 0.678 bits per heavy atom. The third kappa shape index (κ3) is 21.6. The van der Waals surface area contributed by atoms with E-state index >= 15 is 8.78 Å². The summed E-state index contributed by atoms with van der Waals surface area (Å²) in [6.45, 7) is 9.19. The number of unbranched alkanes of at least 4 members (excludes halogenated alkanes) is 48. The predicted octanol–water partition coefficient (Wildman–Crippen LogP) is 30.0. The standard InChI is InChI=1S/C80H126Br2F2N4S2/c1-5-9-13-17-21-25-29-33-37-41-45-49-53-57-79(58-54-50-46-42-38-34-30-26-22-18-14-10-6-2)63-61-65(81)75-77(87-89-85-75)67(63)69-71(79)73(83)70-68-64(62-66(82)76-78(68)88-90-86-76)80(72(70)74(69)84,59-55-51-47-43-39-35-31-27-23-19-15-11-7-3)60-56-52-48-44-40-36-32-28-24-20-16-12-8-4/h61-62H,5-60H2,1-4H3. The van der Waals surface area contributed by atoms with Crippen LogP contribution in [0.5, 0.6) is 0 Å². The van der Waals surface area contributed by atoms with E-state index in [9.17, 15) is 0 Å². The summed E-state index contributed by atoms with van der Waals surface area (Å²) >= 11 is 10.4. The molecule has 0 fully saturated rings. The molecule has 3 aromatic carbocycles. The summed E-state index contributed by atoms with van der Waals surface area (Å²) in [5.41, 5.74) is 7.49. The van der Waals surface area contributed by atoms with E-state index in [4.69, 9.17) is 17.5 Å². The Balaban J connectivity index is 1.21. The van der Waals surface area contributed by atoms with E-state index in [0.29, 0.717) is 22.3 Å². The molecular weight excluding hydrogens is 1280 g/mol. The molecule has 0 radical (unpaired) electrons. The number of rotatable bonds is 56. The van der Waals surface area contributed by atoms with E-state index in [-0.39, 0.29) is 11.6 Å². The minimum absolute atomic E-state index is 0.204. The van der Waals surface area contributed by atoms with Gasteiger partial charge in [-0.15, -0.1) is 0 Å². The van der Waals surface area contributed by atoms with Gasteiger partial charge in [-0.1, -0.05) is 362 Å². The highest BCUT2D eigenvalue weighted by Gasteiger charge is 2.55. The van der Waals surface area contributed by atoms with Crippen LogP contribution in [0.4, 0.5) is 8.78 Å². The Kier molecular flexibility index (Phi) is 36.3. The lowest BCUT2D eigenvalue weighted by Gasteiger charge is -2.35. The maximum Gasteiger partial charge on any atom is 0.136 e. The van der Waals surface area contributed by atoms with Crippen LogP contribution in [0.1, 0.15) is 410 Å². The lowest BCUT2D eigenvalue weighted by Crippen LogP contribution is -2.29. The fourth-order valence-corrected chi connectivity index (χ4v) is 18.8. The number of aromatic nitrogens is 4. The quantitative estimate of drug-likeness (QED) is 0.0364. The van der Waals surface area contributed by atoms with E-state index < -0.39 is 10.8 Å². The first-order chi connectivity index (χ1) is 44.3. The summed E-state index contributed by atoms with van der Waals surface area (Å²) < 4.78 is 61.5. The van der Waals surface area contributed by atoms with Gasteiger partial charge in [-0.05, 0) is 80.8 Å². The average molecular weight is 1410 g/mol. The summed E-state index contributed by atoms with van der Waals surface area (Å²) in [6.07, 6.45) is 69.6. The van der Waals surface area contributed by atoms with E-state index in [1.807, 2.05) is 0 Å². The smallest absolute Gasteiger partial charge is 0.136 e. The first-order valence-corrected chi connectivity index (χ1v) is 41.8. The van der Waals surface area contributed by atoms with Crippen LogP contribution >= 0.6 is 55.3 Å². The molecule has 90 heavy (non-hydrogen) atoms. The van der Waals surface area contributed by atoms with Gasteiger partial charge in [-0.25, -0.2) is 8.78 Å². The van der Waals surface area contributed by atoms with Crippen molar-refractivity contribution in [3.05, 3.63) is 55.0 Å². The van der Waals surface area contributed by atoms with Crippen molar-refractivity contribution in [3.8, 4) is 22.3 Å². The minimum Gasteiger partial charge on any atom is -0.206 e. The van der Waals surface area contributed by atoms with Crippen LogP contribution in [0.2, 0.25) is 0 Å². The van der Waals surface area contributed by atoms with Crippen molar-refractivity contribution in [2.75, 3.05) is 0 Å². The van der Waals surface area contributed by atoms with E-state index in [1.54, 1.807) is 0 Å². The highest BCUT2D eigenvalue weighted by atomic mass is 79.9. The van der Waals surface area contributed by atoms with Gasteiger partial charge in [0.25, 0.3) is 0 Å². The number of hydrogen-bond acceptors (Lipinski definition) is 6. The van der Waals surface area contributed by atoms with Gasteiger partial charge in [0.2, 0.25) is 0 Å². The SMILES string of the molecule is CCCCCCCCCCCCCCCC1(CCCCCCCCCCCCCCC)c2cc(Br)c3nsnc3c2-c2c(F)c3c(c(F)c21)-c1c(cc(Br)c2nsnc12)C3(CCCCCCCCCCCCCCC)CCCCCCCCCCCCCCC. The van der Waals surface area contributed by atoms with Crippen LogP contribution in [-0.4, -0.2) is 17.5 Å². The number of benzene rings is 3. The lowest BCUT2D eigenvalue weighted by atomic mass is 9.68. The van der Waals surface area contributed by atoms with Gasteiger partial charge in [-0.2, -0.15) is 17.5 Å². The predicted molar refractivity (Wildman–Crippen MR) is 397 cm³/mol. The third-order valence-electron chi connectivity index (χ3n) is 21.7. The van der Waals surface area contributed by atoms with Gasteiger partial charge in [-0.3, -0.25) is 0 Å². The molecule has 0 saturated carbocycles. The van der Waals surface area contributed by atoms with Crippen LogP contribution < -0.4 is 0 Å². The summed E-state index contributed by atoms with van der Waals surface area (Å²) in [5.74, 6) is -0.408. The number of halogens is 4.